The third-order valence-corrected chi connectivity index (χ3v) is 7.85. The number of benzene rings is 1. The zero-order valence-corrected chi connectivity index (χ0v) is 20.4. The number of hydrogen-bond donors (Lipinski definition) is 0. The molecule has 2 bridgehead atoms. The highest BCUT2D eigenvalue weighted by Gasteiger charge is 2.28. The Morgan fingerprint density at radius 2 is 1.54 bits per heavy atom. The molecule has 0 saturated carbocycles. The van der Waals surface area contributed by atoms with Crippen molar-refractivity contribution in [2.24, 2.45) is 0 Å². The minimum atomic E-state index is -3.51. The fourth-order valence-corrected chi connectivity index (χ4v) is 5.56. The lowest BCUT2D eigenvalue weighted by Crippen LogP contribution is -2.48. The number of allylic oxidation sites excluding steroid dienone is 1. The number of fused-ring (bicyclic) bond motifs is 12. The normalized spacial score (nSPS) is 20.9. The van der Waals surface area contributed by atoms with Crippen LogP contribution in [0.3, 0.4) is 0 Å². The third-order valence-electron chi connectivity index (χ3n) is 6.23. The van der Waals surface area contributed by atoms with Crippen molar-refractivity contribution in [3.8, 4) is 11.4 Å². The maximum Gasteiger partial charge on any atom is 0.316 e. The molecule has 0 aliphatic carbocycles. The molecule has 1 saturated heterocycles. The first-order valence-electron chi connectivity index (χ1n) is 12.0. The third kappa shape index (κ3) is 6.26. The number of ether oxygens (including phenoxy) is 1. The smallest absolute Gasteiger partial charge is 0.316 e. The molecule has 190 valence electrons. The molecule has 0 amide bonds. The van der Waals surface area contributed by atoms with Crippen LogP contribution in [0.1, 0.15) is 44.9 Å². The van der Waals surface area contributed by atoms with Gasteiger partial charge in [0.2, 0.25) is 15.8 Å². The number of nitrogens with zero attached hydrogens (tertiary/aromatic N) is 4. The molecule has 0 unspecified atom stereocenters. The Labute approximate surface area is 203 Å². The number of piperazine rings is 1. The van der Waals surface area contributed by atoms with Gasteiger partial charge in [0.25, 0.3) is 0 Å². The first-order valence-corrected chi connectivity index (χ1v) is 13.5. The molecular formula is C24H30F2N4O4S. The summed E-state index contributed by atoms with van der Waals surface area (Å²) in [7, 11) is -3.51. The molecule has 3 aliphatic heterocycles. The van der Waals surface area contributed by atoms with Crippen molar-refractivity contribution in [1.82, 2.24) is 14.1 Å². The highest BCUT2D eigenvalue weighted by atomic mass is 32.2. The lowest BCUT2D eigenvalue weighted by molar-refractivity contribution is 0.296. The van der Waals surface area contributed by atoms with Crippen LogP contribution in [0.4, 0.5) is 14.5 Å². The first kappa shape index (κ1) is 25.3. The summed E-state index contributed by atoms with van der Waals surface area (Å²) in [5.74, 6) is -1.60. The molecule has 35 heavy (non-hydrogen) atoms. The second-order valence-electron chi connectivity index (χ2n) is 8.76. The second kappa shape index (κ2) is 11.3. The summed E-state index contributed by atoms with van der Waals surface area (Å²) in [6.45, 7) is 1.53. The van der Waals surface area contributed by atoms with Gasteiger partial charge in [-0.3, -0.25) is 4.79 Å². The number of rotatable bonds is 1. The minimum Gasteiger partial charge on any atom is -0.486 e. The quantitative estimate of drug-likeness (QED) is 0.585. The molecule has 0 N–H and O–H groups in total. The zero-order valence-electron chi connectivity index (χ0n) is 19.5. The zero-order chi connectivity index (χ0) is 24.8. The Bertz CT molecular complexity index is 1200. The standard InChI is InChI=1S/C24H30F2N4O4S/c25-19-15-20(26)17-21(16-19)30-24(31)23-22(18-27-30)28-9-11-29(12-10-28)35(32,33)14-8-6-4-2-1-3-5-7-13-34-23/h8,14-18H,1-7,9-13H2/b14-8+. The topological polar surface area (TPSA) is 84.7 Å². The van der Waals surface area contributed by atoms with Crippen molar-refractivity contribution in [3.63, 3.8) is 0 Å². The maximum absolute atomic E-state index is 13.8. The summed E-state index contributed by atoms with van der Waals surface area (Å²) in [5, 5.41) is 5.44. The summed E-state index contributed by atoms with van der Waals surface area (Å²) in [4.78, 5) is 15.2. The van der Waals surface area contributed by atoms with Gasteiger partial charge in [0, 0.05) is 37.7 Å². The molecule has 4 heterocycles. The molecule has 2 aromatic rings. The Morgan fingerprint density at radius 1 is 0.886 bits per heavy atom. The monoisotopic (exact) mass is 508 g/mol. The molecule has 1 fully saturated rings. The van der Waals surface area contributed by atoms with Crippen molar-refractivity contribution >= 4 is 15.7 Å². The average Bonchev–Trinajstić information content (AvgIpc) is 2.82. The van der Waals surface area contributed by atoms with Crippen molar-refractivity contribution < 1.29 is 21.9 Å². The van der Waals surface area contributed by atoms with Gasteiger partial charge in [-0.25, -0.2) is 17.2 Å². The number of halogens is 2. The predicted molar refractivity (Wildman–Crippen MR) is 129 cm³/mol. The van der Waals surface area contributed by atoms with Crippen LogP contribution in [-0.4, -0.2) is 55.3 Å². The van der Waals surface area contributed by atoms with Crippen LogP contribution >= 0.6 is 0 Å². The molecule has 1 aromatic heterocycles. The number of hydrogen-bond acceptors (Lipinski definition) is 6. The fraction of sp³-hybridized carbons (Fsp3) is 0.500. The van der Waals surface area contributed by atoms with Crippen LogP contribution < -0.4 is 15.2 Å². The van der Waals surface area contributed by atoms with Gasteiger partial charge < -0.3 is 9.64 Å². The van der Waals surface area contributed by atoms with Crippen molar-refractivity contribution in [3.05, 3.63) is 57.9 Å². The number of aromatic nitrogens is 2. The van der Waals surface area contributed by atoms with Gasteiger partial charge in [0.15, 0.2) is 0 Å². The van der Waals surface area contributed by atoms with E-state index >= 15 is 0 Å². The van der Waals surface area contributed by atoms with Gasteiger partial charge in [-0.05, 0) is 31.4 Å². The van der Waals surface area contributed by atoms with E-state index in [1.807, 2.05) is 4.90 Å². The number of sulfonamides is 1. The fourth-order valence-electron chi connectivity index (χ4n) is 4.34. The Kier molecular flexibility index (Phi) is 8.17. The molecule has 0 spiro atoms. The summed E-state index contributed by atoms with van der Waals surface area (Å²) >= 11 is 0. The first-order chi connectivity index (χ1) is 16.8. The molecule has 5 rings (SSSR count). The molecule has 1 aromatic carbocycles. The lowest BCUT2D eigenvalue weighted by atomic mass is 10.1. The summed E-state index contributed by atoms with van der Waals surface area (Å²) < 4.78 is 61.2. The highest BCUT2D eigenvalue weighted by Crippen LogP contribution is 2.27. The number of anilines is 1. The SMILES string of the molecule is O=c1c2c(cnn1-c1cc(F)cc(F)c1)N1CCN(CC1)S(=O)(=O)/C=C/CCCCCCCCO2. The van der Waals surface area contributed by atoms with Gasteiger partial charge in [0.1, 0.15) is 17.3 Å². The van der Waals surface area contributed by atoms with Crippen LogP contribution in [0.15, 0.2) is 40.7 Å². The van der Waals surface area contributed by atoms with Crippen LogP contribution in [-0.2, 0) is 10.0 Å². The van der Waals surface area contributed by atoms with E-state index in [0.717, 1.165) is 67.8 Å². The van der Waals surface area contributed by atoms with E-state index in [9.17, 15) is 22.0 Å². The van der Waals surface area contributed by atoms with Crippen molar-refractivity contribution in [1.29, 1.82) is 0 Å². The van der Waals surface area contributed by atoms with E-state index in [1.165, 1.54) is 15.9 Å². The maximum atomic E-state index is 13.8. The van der Waals surface area contributed by atoms with Gasteiger partial charge in [-0.15, -0.1) is 0 Å². The Balaban J connectivity index is 1.66. The van der Waals surface area contributed by atoms with Gasteiger partial charge >= 0.3 is 5.56 Å². The van der Waals surface area contributed by atoms with Crippen LogP contribution in [0, 0.1) is 11.6 Å². The lowest BCUT2D eigenvalue weighted by Gasteiger charge is -2.35. The van der Waals surface area contributed by atoms with Gasteiger partial charge in [0.05, 0.1) is 18.5 Å². The molecular weight excluding hydrogens is 478 g/mol. The minimum absolute atomic E-state index is 0.0407. The van der Waals surface area contributed by atoms with Crippen molar-refractivity contribution in [2.45, 2.75) is 44.9 Å². The van der Waals surface area contributed by atoms with E-state index in [0.29, 0.717) is 25.4 Å². The molecule has 0 atom stereocenters. The molecule has 3 aliphatic rings. The van der Waals surface area contributed by atoms with Gasteiger partial charge in [-0.2, -0.15) is 14.1 Å². The summed E-state index contributed by atoms with van der Waals surface area (Å²) in [6.07, 6.45) is 9.62. The van der Waals surface area contributed by atoms with E-state index in [2.05, 4.69) is 5.10 Å². The van der Waals surface area contributed by atoms with Gasteiger partial charge in [-0.1, -0.05) is 31.8 Å². The molecule has 8 nitrogen and oxygen atoms in total. The van der Waals surface area contributed by atoms with E-state index in [4.69, 9.17) is 4.74 Å². The Hall–Kier alpha value is -2.79. The van der Waals surface area contributed by atoms with Crippen LogP contribution in [0.2, 0.25) is 0 Å². The second-order valence-corrected chi connectivity index (χ2v) is 10.6. The average molecular weight is 509 g/mol. The Morgan fingerprint density at radius 3 is 2.26 bits per heavy atom. The summed E-state index contributed by atoms with van der Waals surface area (Å²) in [6, 6.07) is 2.78. The van der Waals surface area contributed by atoms with Crippen LogP contribution in [0.25, 0.3) is 5.69 Å². The van der Waals surface area contributed by atoms with E-state index in [1.54, 1.807) is 6.08 Å². The summed E-state index contributed by atoms with van der Waals surface area (Å²) in [5.41, 5.74) is -0.224. The van der Waals surface area contributed by atoms with Crippen LogP contribution in [0.5, 0.6) is 5.75 Å². The largest absolute Gasteiger partial charge is 0.486 e. The van der Waals surface area contributed by atoms with E-state index in [-0.39, 0.29) is 24.5 Å². The van der Waals surface area contributed by atoms with E-state index < -0.39 is 27.2 Å². The molecule has 11 heteroatoms. The van der Waals surface area contributed by atoms with Crippen molar-refractivity contribution in [2.75, 3.05) is 37.7 Å². The predicted octanol–water partition coefficient (Wildman–Crippen LogP) is 3.60. The highest BCUT2D eigenvalue weighted by molar-refractivity contribution is 7.92. The molecule has 0 radical (unpaired) electrons.